The molecule has 18 N–H and O–H groups in total. The van der Waals surface area contributed by atoms with Crippen LogP contribution in [0, 0.1) is 5.92 Å². The van der Waals surface area contributed by atoms with Crippen LogP contribution in [-0.2, 0) is 14.2 Å². The fourth-order valence-corrected chi connectivity index (χ4v) is 5.80. The summed E-state index contributed by atoms with van der Waals surface area (Å²) >= 11 is 0. The zero-order chi connectivity index (χ0) is 30.4. The van der Waals surface area contributed by atoms with Gasteiger partial charge < -0.3 is 88.6 Å². The molecule has 0 aromatic heterocycles. The molecular weight excluding hydrogens is 548 g/mol. The van der Waals surface area contributed by atoms with E-state index in [9.17, 15) is 40.9 Å². The van der Waals surface area contributed by atoms with Gasteiger partial charge in [-0.05, 0) is 25.9 Å². The summed E-state index contributed by atoms with van der Waals surface area (Å²) in [4.78, 5) is 0. The third-order valence-electron chi connectivity index (χ3n) is 8.30. The van der Waals surface area contributed by atoms with Crippen molar-refractivity contribution in [1.82, 2.24) is 10.6 Å². The fourth-order valence-electron chi connectivity index (χ4n) is 5.80. The van der Waals surface area contributed by atoms with Crippen LogP contribution in [0.2, 0.25) is 0 Å². The van der Waals surface area contributed by atoms with Crippen molar-refractivity contribution < 1.29 is 55.1 Å². The summed E-state index contributed by atoms with van der Waals surface area (Å²) in [6, 6.07) is -2.78. The molecule has 3 fully saturated rings. The molecular formula is C24H50N6O11. The van der Waals surface area contributed by atoms with E-state index < -0.39 is 104 Å². The van der Waals surface area contributed by atoms with Crippen molar-refractivity contribution in [2.24, 2.45) is 28.9 Å². The number of hydrogen-bond acceptors (Lipinski definition) is 17. The molecule has 0 bridgehead atoms. The van der Waals surface area contributed by atoms with Gasteiger partial charge in [0.15, 0.2) is 6.29 Å². The van der Waals surface area contributed by atoms with Crippen LogP contribution in [-0.4, -0.2) is 172 Å². The number of ether oxygens (including phenoxy) is 3. The molecule has 0 radical (unpaired) electrons. The Bertz CT molecular complexity index is 778. The number of rotatable bonds is 13. The number of hydrogen-bond donors (Lipinski definition) is 14. The van der Waals surface area contributed by atoms with Gasteiger partial charge in [-0.2, -0.15) is 0 Å². The second-order valence-electron chi connectivity index (χ2n) is 11.2. The van der Waals surface area contributed by atoms with Gasteiger partial charge >= 0.3 is 0 Å². The van der Waals surface area contributed by atoms with Crippen LogP contribution in [0.15, 0.2) is 0 Å². The van der Waals surface area contributed by atoms with Crippen LogP contribution in [0.1, 0.15) is 12.8 Å². The Balaban J connectivity index is 1.85. The van der Waals surface area contributed by atoms with E-state index in [1.807, 2.05) is 0 Å². The van der Waals surface area contributed by atoms with Gasteiger partial charge in [0.2, 0.25) is 0 Å². The van der Waals surface area contributed by atoms with Gasteiger partial charge in [0.05, 0.1) is 37.1 Å². The maximum Gasteiger partial charge on any atom is 0.186 e. The van der Waals surface area contributed by atoms with Gasteiger partial charge in [-0.25, -0.2) is 0 Å². The molecule has 3 rings (SSSR count). The lowest BCUT2D eigenvalue weighted by molar-refractivity contribution is -0.310. The molecule has 2 aliphatic heterocycles. The number of aliphatic hydroxyl groups is 8. The second kappa shape index (κ2) is 15.9. The molecule has 16 atom stereocenters. The molecule has 17 heteroatoms. The van der Waals surface area contributed by atoms with E-state index in [0.29, 0.717) is 19.5 Å². The van der Waals surface area contributed by atoms with Gasteiger partial charge in [0.25, 0.3) is 0 Å². The maximum atomic E-state index is 11.6. The van der Waals surface area contributed by atoms with Gasteiger partial charge in [-0.1, -0.05) is 0 Å². The topological polar surface area (TPSA) is 318 Å². The molecule has 2 unspecified atom stereocenters. The van der Waals surface area contributed by atoms with E-state index in [1.165, 1.54) is 0 Å². The molecule has 0 aromatic rings. The Morgan fingerprint density at radius 1 is 0.878 bits per heavy atom. The Hall–Kier alpha value is -0.680. The Morgan fingerprint density at radius 2 is 1.59 bits per heavy atom. The summed E-state index contributed by atoms with van der Waals surface area (Å²) in [5.74, 6) is -1.03. The third-order valence-corrected chi connectivity index (χ3v) is 8.30. The van der Waals surface area contributed by atoms with E-state index in [1.54, 1.807) is 0 Å². The summed E-state index contributed by atoms with van der Waals surface area (Å²) in [5, 5.41) is 90.3. The van der Waals surface area contributed by atoms with E-state index in [4.69, 9.17) is 37.1 Å². The zero-order valence-electron chi connectivity index (χ0n) is 23.0. The fraction of sp³-hybridized carbons (Fsp3) is 1.00. The van der Waals surface area contributed by atoms with Crippen LogP contribution in [0.3, 0.4) is 0 Å². The molecule has 0 spiro atoms. The standard InChI is InChI=1S/C24H50N6O11/c25-2-1-3-29-7-12-17(34)20(37)21(38)23(39-12)14-10(27)4-11(30-6-9(32)5-26)22(18(14)35)41-24-19(36)15(28)16(33)13(8-31)40-24/h9-24,29-38H,1-8,25-28H2/t9?,10-,11+,12+,13+,14?,15-,16+,17+,18-,19+,20-,21+,22-,23+,24+/m0/s1. The zero-order valence-corrected chi connectivity index (χ0v) is 23.0. The minimum Gasteiger partial charge on any atom is -0.394 e. The molecule has 0 amide bonds. The van der Waals surface area contributed by atoms with Crippen molar-refractivity contribution in [2.45, 2.75) is 104 Å². The lowest BCUT2D eigenvalue weighted by Gasteiger charge is -2.52. The molecule has 1 saturated carbocycles. The molecule has 2 saturated heterocycles. The van der Waals surface area contributed by atoms with Crippen molar-refractivity contribution in [3.05, 3.63) is 0 Å². The van der Waals surface area contributed by atoms with Crippen molar-refractivity contribution in [3.8, 4) is 0 Å². The van der Waals surface area contributed by atoms with Crippen molar-refractivity contribution in [2.75, 3.05) is 39.3 Å². The summed E-state index contributed by atoms with van der Waals surface area (Å²) in [6.07, 6.45) is -15.2. The van der Waals surface area contributed by atoms with E-state index in [-0.39, 0.29) is 26.1 Å². The average Bonchev–Trinajstić information content (AvgIpc) is 2.96. The Kier molecular flexibility index (Phi) is 13.5. The maximum absolute atomic E-state index is 11.6. The molecule has 41 heavy (non-hydrogen) atoms. The van der Waals surface area contributed by atoms with Gasteiger partial charge in [0, 0.05) is 37.6 Å². The summed E-state index contributed by atoms with van der Waals surface area (Å²) in [6.45, 7) is 0.475. The minimum atomic E-state index is -1.61. The molecule has 17 nitrogen and oxygen atoms in total. The van der Waals surface area contributed by atoms with Crippen molar-refractivity contribution >= 4 is 0 Å². The largest absolute Gasteiger partial charge is 0.394 e. The molecule has 242 valence electrons. The molecule has 1 aliphatic carbocycles. The normalized spacial score (nSPS) is 46.4. The highest BCUT2D eigenvalue weighted by molar-refractivity contribution is 5.07. The summed E-state index contributed by atoms with van der Waals surface area (Å²) < 4.78 is 17.6. The van der Waals surface area contributed by atoms with E-state index in [2.05, 4.69) is 10.6 Å². The van der Waals surface area contributed by atoms with Crippen LogP contribution in [0.5, 0.6) is 0 Å². The lowest BCUT2D eigenvalue weighted by Crippen LogP contribution is -2.70. The predicted molar refractivity (Wildman–Crippen MR) is 143 cm³/mol. The smallest absolute Gasteiger partial charge is 0.186 e. The molecule has 3 aliphatic rings. The second-order valence-corrected chi connectivity index (χ2v) is 11.2. The van der Waals surface area contributed by atoms with Crippen molar-refractivity contribution in [1.29, 1.82) is 0 Å². The first-order chi connectivity index (χ1) is 19.5. The quantitative estimate of drug-likeness (QED) is 0.0875. The average molecular weight is 599 g/mol. The summed E-state index contributed by atoms with van der Waals surface area (Å²) in [5.41, 5.74) is 23.4. The van der Waals surface area contributed by atoms with Crippen LogP contribution in [0.25, 0.3) is 0 Å². The van der Waals surface area contributed by atoms with Gasteiger partial charge in [-0.3, -0.25) is 0 Å². The highest BCUT2D eigenvalue weighted by Crippen LogP contribution is 2.37. The van der Waals surface area contributed by atoms with Crippen molar-refractivity contribution in [3.63, 3.8) is 0 Å². The minimum absolute atomic E-state index is 0.0146. The lowest BCUT2D eigenvalue weighted by atomic mass is 9.72. The molecule has 2 heterocycles. The van der Waals surface area contributed by atoms with Crippen LogP contribution >= 0.6 is 0 Å². The van der Waals surface area contributed by atoms with Crippen LogP contribution in [0.4, 0.5) is 0 Å². The van der Waals surface area contributed by atoms with Crippen LogP contribution < -0.4 is 33.6 Å². The van der Waals surface area contributed by atoms with E-state index >= 15 is 0 Å². The number of nitrogens with two attached hydrogens (primary N) is 4. The number of nitrogens with one attached hydrogen (secondary N) is 2. The first-order valence-electron chi connectivity index (χ1n) is 14.2. The first kappa shape index (κ1) is 34.8. The Labute approximate surface area is 238 Å². The Morgan fingerprint density at radius 3 is 2.22 bits per heavy atom. The molecule has 0 aromatic carbocycles. The summed E-state index contributed by atoms with van der Waals surface area (Å²) in [7, 11) is 0. The van der Waals surface area contributed by atoms with E-state index in [0.717, 1.165) is 0 Å². The highest BCUT2D eigenvalue weighted by Gasteiger charge is 2.55. The number of aliphatic hydroxyl groups excluding tert-OH is 8. The van der Waals surface area contributed by atoms with Gasteiger partial charge in [0.1, 0.15) is 42.7 Å². The predicted octanol–water partition coefficient (Wildman–Crippen LogP) is -8.09. The monoisotopic (exact) mass is 598 g/mol. The van der Waals surface area contributed by atoms with Gasteiger partial charge in [-0.15, -0.1) is 0 Å². The first-order valence-corrected chi connectivity index (χ1v) is 14.2. The SMILES string of the molecule is NCCCNC[C@H]1O[C@H](C2[C@@H](N)C[C@@H](NCC(O)CN)[C@H](O[C@H]3O[C@H](CO)[C@@H](O)[C@H](N)[C@H]3O)[C@H]2O)[C@H](O)[C@@H](O)[C@@H]1O. The highest BCUT2D eigenvalue weighted by atomic mass is 16.7. The third kappa shape index (κ3) is 8.08.